The molecule has 0 spiro atoms. The van der Waals surface area contributed by atoms with Gasteiger partial charge in [0.25, 0.3) is 0 Å². The molecule has 1 N–H and O–H groups in total. The Bertz CT molecular complexity index is 361. The molecule has 0 bridgehead atoms. The second kappa shape index (κ2) is 4.29. The van der Waals surface area contributed by atoms with Gasteiger partial charge in [-0.15, -0.1) is 10.2 Å². The minimum absolute atomic E-state index is 0.293. The standard InChI is InChI=1S/C9H14N4O2/c1-2-15-8(14)7-11-12-9-10-5-3-4-6-13(7)9/h2-6H2,1H3,(H,10,12). The number of carbonyl (C=O) groups excluding carboxylic acids is 1. The molecule has 82 valence electrons. The van der Waals surface area contributed by atoms with Crippen molar-refractivity contribution in [3.8, 4) is 0 Å². The quantitative estimate of drug-likeness (QED) is 0.726. The molecular weight excluding hydrogens is 196 g/mol. The van der Waals surface area contributed by atoms with E-state index in [0.29, 0.717) is 18.4 Å². The maximum atomic E-state index is 11.5. The van der Waals surface area contributed by atoms with Crippen LogP contribution in [0, 0.1) is 0 Å². The Labute approximate surface area is 87.6 Å². The van der Waals surface area contributed by atoms with E-state index in [2.05, 4.69) is 15.5 Å². The zero-order chi connectivity index (χ0) is 10.7. The molecular formula is C9H14N4O2. The molecule has 0 aromatic carbocycles. The highest BCUT2D eigenvalue weighted by molar-refractivity contribution is 5.85. The Morgan fingerprint density at radius 1 is 1.53 bits per heavy atom. The predicted octanol–water partition coefficient (Wildman–Crippen LogP) is 0.660. The number of nitrogens with zero attached hydrogens (tertiary/aromatic N) is 3. The number of fused-ring (bicyclic) bond motifs is 1. The lowest BCUT2D eigenvalue weighted by atomic mass is 10.3. The number of anilines is 1. The van der Waals surface area contributed by atoms with Crippen LogP contribution in [0.3, 0.4) is 0 Å². The van der Waals surface area contributed by atoms with Crippen LogP contribution in [0.5, 0.6) is 0 Å². The summed E-state index contributed by atoms with van der Waals surface area (Å²) in [6, 6.07) is 0. The van der Waals surface area contributed by atoms with Crippen molar-refractivity contribution in [3.63, 3.8) is 0 Å². The third kappa shape index (κ3) is 1.93. The number of nitrogens with one attached hydrogen (secondary N) is 1. The van der Waals surface area contributed by atoms with Crippen LogP contribution in [0.15, 0.2) is 0 Å². The van der Waals surface area contributed by atoms with E-state index < -0.39 is 5.97 Å². The van der Waals surface area contributed by atoms with E-state index in [-0.39, 0.29) is 0 Å². The van der Waals surface area contributed by atoms with Crippen LogP contribution in [-0.2, 0) is 11.3 Å². The van der Waals surface area contributed by atoms with Gasteiger partial charge < -0.3 is 10.1 Å². The van der Waals surface area contributed by atoms with Crippen LogP contribution in [0.2, 0.25) is 0 Å². The number of hydrogen-bond acceptors (Lipinski definition) is 5. The fourth-order valence-electron chi connectivity index (χ4n) is 1.59. The Morgan fingerprint density at radius 2 is 2.40 bits per heavy atom. The highest BCUT2D eigenvalue weighted by atomic mass is 16.5. The van der Waals surface area contributed by atoms with Gasteiger partial charge in [-0.25, -0.2) is 4.79 Å². The topological polar surface area (TPSA) is 69.0 Å². The van der Waals surface area contributed by atoms with Crippen LogP contribution in [0.25, 0.3) is 0 Å². The molecule has 0 unspecified atom stereocenters. The summed E-state index contributed by atoms with van der Waals surface area (Å²) in [5, 5.41) is 10.9. The highest BCUT2D eigenvalue weighted by Gasteiger charge is 2.20. The van der Waals surface area contributed by atoms with Gasteiger partial charge in [0.15, 0.2) is 0 Å². The molecule has 2 rings (SSSR count). The molecule has 0 atom stereocenters. The Kier molecular flexibility index (Phi) is 2.84. The van der Waals surface area contributed by atoms with E-state index in [1.165, 1.54) is 0 Å². The molecule has 0 fully saturated rings. The highest BCUT2D eigenvalue weighted by Crippen LogP contribution is 2.14. The molecule has 2 heterocycles. The first-order valence-corrected chi connectivity index (χ1v) is 5.17. The monoisotopic (exact) mass is 210 g/mol. The molecule has 0 radical (unpaired) electrons. The van der Waals surface area contributed by atoms with Crippen molar-refractivity contribution in [1.29, 1.82) is 0 Å². The minimum Gasteiger partial charge on any atom is -0.460 e. The molecule has 1 aliphatic heterocycles. The zero-order valence-electron chi connectivity index (χ0n) is 8.69. The Hall–Kier alpha value is -1.59. The zero-order valence-corrected chi connectivity index (χ0v) is 8.69. The van der Waals surface area contributed by atoms with E-state index >= 15 is 0 Å². The Balaban J connectivity index is 2.25. The molecule has 1 aromatic rings. The minimum atomic E-state index is -0.403. The van der Waals surface area contributed by atoms with Crippen LogP contribution < -0.4 is 5.32 Å². The summed E-state index contributed by atoms with van der Waals surface area (Å²) >= 11 is 0. The van der Waals surface area contributed by atoms with E-state index in [1.54, 1.807) is 11.5 Å². The van der Waals surface area contributed by atoms with Gasteiger partial charge in [-0.3, -0.25) is 4.57 Å². The summed E-state index contributed by atoms with van der Waals surface area (Å²) < 4.78 is 6.69. The molecule has 1 aliphatic rings. The van der Waals surface area contributed by atoms with Gasteiger partial charge in [0.05, 0.1) is 6.61 Å². The number of rotatable bonds is 2. The van der Waals surface area contributed by atoms with Crippen molar-refractivity contribution in [1.82, 2.24) is 14.8 Å². The second-order valence-electron chi connectivity index (χ2n) is 3.35. The van der Waals surface area contributed by atoms with Gasteiger partial charge >= 0.3 is 5.97 Å². The first kappa shape index (κ1) is 9.95. The molecule has 0 saturated carbocycles. The molecule has 1 aromatic heterocycles. The number of esters is 1. The van der Waals surface area contributed by atoms with Gasteiger partial charge in [0.1, 0.15) is 0 Å². The normalized spacial score (nSPS) is 15.0. The molecule has 6 heteroatoms. The third-order valence-corrected chi connectivity index (χ3v) is 2.30. The van der Waals surface area contributed by atoms with Crippen molar-refractivity contribution < 1.29 is 9.53 Å². The SMILES string of the molecule is CCOC(=O)c1nnc2n1CCCCN2. The van der Waals surface area contributed by atoms with Crippen molar-refractivity contribution in [3.05, 3.63) is 5.82 Å². The summed E-state index contributed by atoms with van der Waals surface area (Å²) in [7, 11) is 0. The number of carbonyl (C=O) groups is 1. The summed E-state index contributed by atoms with van der Waals surface area (Å²) in [4.78, 5) is 11.5. The van der Waals surface area contributed by atoms with Crippen LogP contribution in [-0.4, -0.2) is 33.9 Å². The predicted molar refractivity (Wildman–Crippen MR) is 53.7 cm³/mol. The first-order chi connectivity index (χ1) is 7.33. The molecule has 0 amide bonds. The third-order valence-electron chi connectivity index (χ3n) is 2.30. The fraction of sp³-hybridized carbons (Fsp3) is 0.667. The van der Waals surface area contributed by atoms with Gasteiger partial charge in [-0.1, -0.05) is 0 Å². The number of hydrogen-bond donors (Lipinski definition) is 1. The van der Waals surface area contributed by atoms with E-state index in [0.717, 1.165) is 25.9 Å². The number of aromatic nitrogens is 3. The number of ether oxygens (including phenoxy) is 1. The lowest BCUT2D eigenvalue weighted by molar-refractivity contribution is 0.0506. The van der Waals surface area contributed by atoms with Gasteiger partial charge in [-0.2, -0.15) is 0 Å². The van der Waals surface area contributed by atoms with Crippen molar-refractivity contribution in [2.24, 2.45) is 0 Å². The van der Waals surface area contributed by atoms with E-state index in [4.69, 9.17) is 4.74 Å². The van der Waals surface area contributed by atoms with Gasteiger partial charge in [0, 0.05) is 13.1 Å². The molecule has 15 heavy (non-hydrogen) atoms. The first-order valence-electron chi connectivity index (χ1n) is 5.17. The van der Waals surface area contributed by atoms with E-state index in [9.17, 15) is 4.79 Å². The van der Waals surface area contributed by atoms with Crippen molar-refractivity contribution in [2.45, 2.75) is 26.3 Å². The fourth-order valence-corrected chi connectivity index (χ4v) is 1.59. The average molecular weight is 210 g/mol. The van der Waals surface area contributed by atoms with Gasteiger partial charge in [-0.05, 0) is 19.8 Å². The van der Waals surface area contributed by atoms with Crippen LogP contribution in [0.1, 0.15) is 30.4 Å². The summed E-state index contributed by atoms with van der Waals surface area (Å²) in [6.07, 6.45) is 2.09. The maximum Gasteiger partial charge on any atom is 0.376 e. The van der Waals surface area contributed by atoms with Gasteiger partial charge in [0.2, 0.25) is 11.8 Å². The lowest BCUT2D eigenvalue weighted by Crippen LogP contribution is -2.14. The maximum absolute atomic E-state index is 11.5. The van der Waals surface area contributed by atoms with Crippen LogP contribution in [0.4, 0.5) is 5.95 Å². The second-order valence-corrected chi connectivity index (χ2v) is 3.35. The van der Waals surface area contributed by atoms with E-state index in [1.807, 2.05) is 0 Å². The summed E-state index contributed by atoms with van der Waals surface area (Å²) in [5.74, 6) is 0.553. The van der Waals surface area contributed by atoms with Crippen molar-refractivity contribution >= 4 is 11.9 Å². The average Bonchev–Trinajstić information content (AvgIpc) is 2.48. The van der Waals surface area contributed by atoms with Crippen LogP contribution >= 0.6 is 0 Å². The van der Waals surface area contributed by atoms with Crippen molar-refractivity contribution in [2.75, 3.05) is 18.5 Å². The largest absolute Gasteiger partial charge is 0.460 e. The molecule has 0 aliphatic carbocycles. The Morgan fingerprint density at radius 3 is 3.20 bits per heavy atom. The summed E-state index contributed by atoms with van der Waals surface area (Å²) in [6.45, 7) is 3.77. The smallest absolute Gasteiger partial charge is 0.376 e. The molecule has 6 nitrogen and oxygen atoms in total. The summed E-state index contributed by atoms with van der Waals surface area (Å²) in [5.41, 5.74) is 0. The lowest BCUT2D eigenvalue weighted by Gasteiger charge is -2.05. The molecule has 0 saturated heterocycles.